The van der Waals surface area contributed by atoms with Gasteiger partial charge in [0.25, 0.3) is 10.0 Å². The molecule has 0 saturated carbocycles. The van der Waals surface area contributed by atoms with Crippen LogP contribution in [-0.2, 0) is 10.0 Å². The van der Waals surface area contributed by atoms with E-state index in [0.29, 0.717) is 10.9 Å². The van der Waals surface area contributed by atoms with Crippen molar-refractivity contribution in [2.24, 2.45) is 0 Å². The highest BCUT2D eigenvalue weighted by molar-refractivity contribution is 7.93. The van der Waals surface area contributed by atoms with E-state index in [-0.39, 0.29) is 5.82 Å². The maximum atomic E-state index is 12.1. The molecule has 0 aliphatic carbocycles. The molecule has 2 N–H and O–H groups in total. The molecule has 0 aliphatic heterocycles. The van der Waals surface area contributed by atoms with Crippen LogP contribution in [-0.4, -0.2) is 24.4 Å². The van der Waals surface area contributed by atoms with Gasteiger partial charge in [-0.2, -0.15) is 13.9 Å². The molecular formula is C8H7F2N3O2S. The zero-order chi connectivity index (χ0) is 11.8. The maximum absolute atomic E-state index is 12.1. The summed E-state index contributed by atoms with van der Waals surface area (Å²) in [5.74, 6) is -3.61. The molecule has 1 aromatic heterocycles. The zero-order valence-electron chi connectivity index (χ0n) is 7.81. The third kappa shape index (κ3) is 1.83. The number of nitrogens with one attached hydrogen (secondary N) is 2. The number of nitrogens with zero attached hydrogens (tertiary/aromatic N) is 1. The highest BCUT2D eigenvalue weighted by Gasteiger charge is 2.25. The van der Waals surface area contributed by atoms with Crippen LogP contribution in [0.5, 0.6) is 0 Å². The summed E-state index contributed by atoms with van der Waals surface area (Å²) in [4.78, 5) is 0. The molecule has 0 fully saturated rings. The summed E-state index contributed by atoms with van der Waals surface area (Å²) in [6, 6.07) is 6.59. The number of fused-ring (bicyclic) bond motifs is 1. The molecule has 0 saturated heterocycles. The number of anilines is 1. The smallest absolute Gasteiger partial charge is 0.276 e. The number of hydrogen-bond donors (Lipinski definition) is 2. The lowest BCUT2D eigenvalue weighted by atomic mass is 10.2. The summed E-state index contributed by atoms with van der Waals surface area (Å²) in [7, 11) is -4.68. The second-order valence-corrected chi connectivity index (χ2v) is 4.68. The van der Waals surface area contributed by atoms with E-state index in [1.54, 1.807) is 29.0 Å². The van der Waals surface area contributed by atoms with E-state index < -0.39 is 15.8 Å². The van der Waals surface area contributed by atoms with Crippen LogP contribution in [0.25, 0.3) is 10.9 Å². The van der Waals surface area contributed by atoms with Crippen molar-refractivity contribution < 1.29 is 17.2 Å². The van der Waals surface area contributed by atoms with Crippen LogP contribution in [0, 0.1) is 0 Å². The number of alkyl halides is 2. The van der Waals surface area contributed by atoms with Crippen molar-refractivity contribution in [3.63, 3.8) is 0 Å². The minimum atomic E-state index is -4.68. The first-order chi connectivity index (χ1) is 7.50. The number of aromatic nitrogens is 2. The number of rotatable bonds is 3. The van der Waals surface area contributed by atoms with Gasteiger partial charge in [0.1, 0.15) is 0 Å². The summed E-state index contributed by atoms with van der Waals surface area (Å²) in [6.07, 6.45) is 0. The summed E-state index contributed by atoms with van der Waals surface area (Å²) >= 11 is 0. The van der Waals surface area contributed by atoms with E-state index in [4.69, 9.17) is 0 Å². The van der Waals surface area contributed by atoms with Crippen molar-refractivity contribution in [1.29, 1.82) is 0 Å². The minimum absolute atomic E-state index is 0.129. The van der Waals surface area contributed by atoms with Gasteiger partial charge in [-0.3, -0.25) is 9.82 Å². The minimum Gasteiger partial charge on any atom is -0.276 e. The van der Waals surface area contributed by atoms with Gasteiger partial charge in [-0.15, -0.1) is 0 Å². The molecule has 0 unspecified atom stereocenters. The summed E-state index contributed by atoms with van der Waals surface area (Å²) < 4.78 is 47.8. The predicted molar refractivity (Wildman–Crippen MR) is 54.6 cm³/mol. The lowest BCUT2D eigenvalue weighted by Crippen LogP contribution is -2.20. The van der Waals surface area contributed by atoms with Crippen LogP contribution in [0.3, 0.4) is 0 Å². The predicted octanol–water partition coefficient (Wildman–Crippen LogP) is 1.53. The van der Waals surface area contributed by atoms with E-state index in [0.717, 1.165) is 0 Å². The molecule has 16 heavy (non-hydrogen) atoms. The Morgan fingerprint density at radius 3 is 2.69 bits per heavy atom. The monoisotopic (exact) mass is 247 g/mol. The third-order valence-corrected chi connectivity index (χ3v) is 2.89. The van der Waals surface area contributed by atoms with Crippen LogP contribution in [0.4, 0.5) is 14.6 Å². The van der Waals surface area contributed by atoms with Crippen LogP contribution in [0.2, 0.25) is 0 Å². The Morgan fingerprint density at radius 1 is 1.31 bits per heavy atom. The van der Waals surface area contributed by atoms with Gasteiger partial charge in [0.15, 0.2) is 5.82 Å². The summed E-state index contributed by atoms with van der Waals surface area (Å²) in [6.45, 7) is 0. The fourth-order valence-corrected chi connectivity index (χ4v) is 1.73. The van der Waals surface area contributed by atoms with Crippen molar-refractivity contribution in [3.05, 3.63) is 24.3 Å². The average Bonchev–Trinajstić information content (AvgIpc) is 2.61. The Bertz CT molecular complexity index is 609. The Morgan fingerprint density at radius 2 is 2.00 bits per heavy atom. The van der Waals surface area contributed by atoms with Gasteiger partial charge in [-0.25, -0.2) is 8.42 Å². The lowest BCUT2D eigenvalue weighted by molar-refractivity contribution is 0.236. The van der Waals surface area contributed by atoms with Crippen molar-refractivity contribution in [2.45, 2.75) is 5.76 Å². The first kappa shape index (κ1) is 10.8. The summed E-state index contributed by atoms with van der Waals surface area (Å²) in [5, 5.41) is 6.58. The van der Waals surface area contributed by atoms with Crippen LogP contribution in [0.1, 0.15) is 0 Å². The molecule has 2 aromatic rings. The quantitative estimate of drug-likeness (QED) is 0.863. The molecular weight excluding hydrogens is 240 g/mol. The number of benzene rings is 1. The molecule has 8 heteroatoms. The summed E-state index contributed by atoms with van der Waals surface area (Å²) in [5.41, 5.74) is 0.564. The highest BCUT2D eigenvalue weighted by Crippen LogP contribution is 2.21. The molecule has 0 atom stereocenters. The third-order valence-electron chi connectivity index (χ3n) is 1.94. The molecule has 0 aliphatic rings. The molecule has 0 amide bonds. The molecule has 2 rings (SSSR count). The van der Waals surface area contributed by atoms with Crippen molar-refractivity contribution in [3.8, 4) is 0 Å². The van der Waals surface area contributed by atoms with E-state index >= 15 is 0 Å². The Balaban J connectivity index is 2.43. The van der Waals surface area contributed by atoms with Gasteiger partial charge < -0.3 is 0 Å². The van der Waals surface area contributed by atoms with Crippen LogP contribution < -0.4 is 4.72 Å². The molecule has 0 bridgehead atoms. The average molecular weight is 247 g/mol. The van der Waals surface area contributed by atoms with Crippen LogP contribution in [0.15, 0.2) is 24.3 Å². The topological polar surface area (TPSA) is 74.8 Å². The Kier molecular flexibility index (Phi) is 2.50. The van der Waals surface area contributed by atoms with E-state index in [1.165, 1.54) is 0 Å². The largest absolute Gasteiger partial charge is 0.355 e. The van der Waals surface area contributed by atoms with Crippen LogP contribution >= 0.6 is 0 Å². The fourth-order valence-electron chi connectivity index (χ4n) is 1.22. The normalized spacial score (nSPS) is 12.2. The molecule has 0 spiro atoms. The molecule has 5 nitrogen and oxygen atoms in total. The van der Waals surface area contributed by atoms with E-state index in [2.05, 4.69) is 10.2 Å². The second-order valence-electron chi connectivity index (χ2n) is 3.03. The lowest BCUT2D eigenvalue weighted by Gasteiger charge is -2.03. The molecule has 86 valence electrons. The van der Waals surface area contributed by atoms with Gasteiger partial charge in [-0.05, 0) is 12.1 Å². The maximum Gasteiger partial charge on any atom is 0.355 e. The van der Waals surface area contributed by atoms with Crippen molar-refractivity contribution in [1.82, 2.24) is 10.2 Å². The number of sulfonamides is 1. The number of aromatic amines is 1. The van der Waals surface area contributed by atoms with Crippen molar-refractivity contribution >= 4 is 26.7 Å². The number of para-hydroxylation sites is 1. The van der Waals surface area contributed by atoms with Gasteiger partial charge >= 0.3 is 5.76 Å². The molecule has 1 aromatic carbocycles. The number of H-pyrrole nitrogens is 1. The van der Waals surface area contributed by atoms with E-state index in [9.17, 15) is 17.2 Å². The standard InChI is InChI=1S/C8H7F2N3O2S/c9-8(10)16(14,15)13-7-5-3-1-2-4-6(5)11-12-7/h1-4,8H,(H2,11,12,13). The first-order valence-corrected chi connectivity index (χ1v) is 5.78. The van der Waals surface area contributed by atoms with Gasteiger partial charge in [0, 0.05) is 5.39 Å². The van der Waals surface area contributed by atoms with Gasteiger partial charge in [0.05, 0.1) is 5.52 Å². The SMILES string of the molecule is O=S(=O)(Nc1n[nH]c2ccccc12)C(F)F. The van der Waals surface area contributed by atoms with Gasteiger partial charge in [0.2, 0.25) is 0 Å². The number of halogens is 2. The Hall–Kier alpha value is -1.70. The fraction of sp³-hybridized carbons (Fsp3) is 0.125. The zero-order valence-corrected chi connectivity index (χ0v) is 8.63. The second kappa shape index (κ2) is 3.71. The Labute approximate surface area is 89.5 Å². The number of hydrogen-bond acceptors (Lipinski definition) is 3. The van der Waals surface area contributed by atoms with Crippen molar-refractivity contribution in [2.75, 3.05) is 4.72 Å². The highest BCUT2D eigenvalue weighted by atomic mass is 32.2. The molecule has 0 radical (unpaired) electrons. The molecule has 1 heterocycles. The first-order valence-electron chi connectivity index (χ1n) is 4.23. The van der Waals surface area contributed by atoms with Gasteiger partial charge in [-0.1, -0.05) is 12.1 Å². The van der Waals surface area contributed by atoms with E-state index in [1.807, 2.05) is 0 Å².